The predicted octanol–water partition coefficient (Wildman–Crippen LogP) is 1.32. The molecule has 0 bridgehead atoms. The Kier molecular flexibility index (Phi) is 3.19. The zero-order chi connectivity index (χ0) is 11.4. The van der Waals surface area contributed by atoms with Crippen LogP contribution in [0.2, 0.25) is 0 Å². The summed E-state index contributed by atoms with van der Waals surface area (Å²) in [7, 11) is 0. The van der Waals surface area contributed by atoms with Crippen molar-refractivity contribution in [3.8, 4) is 0 Å². The van der Waals surface area contributed by atoms with Crippen LogP contribution in [0.5, 0.6) is 0 Å². The highest BCUT2D eigenvalue weighted by Crippen LogP contribution is 2.16. The fourth-order valence-electron chi connectivity index (χ4n) is 1.61. The van der Waals surface area contributed by atoms with E-state index in [0.717, 1.165) is 11.3 Å². The van der Waals surface area contributed by atoms with Crippen molar-refractivity contribution in [3.05, 3.63) is 35.9 Å². The molecule has 1 aliphatic heterocycles. The maximum atomic E-state index is 11.5. The monoisotopic (exact) mass is 218 g/mol. The average Bonchev–Trinajstić information content (AvgIpc) is 2.80. The number of nitrogens with zero attached hydrogens (tertiary/aromatic N) is 1. The molecule has 1 atom stereocenters. The second-order valence-electron chi connectivity index (χ2n) is 3.60. The summed E-state index contributed by atoms with van der Waals surface area (Å²) in [5, 5.41) is 6.67. The number of amides is 1. The SMILES string of the molecule is CCNC(=O)C1CC(c2ccccc2)=NO1. The minimum Gasteiger partial charge on any atom is -0.382 e. The third-order valence-electron chi connectivity index (χ3n) is 2.42. The lowest BCUT2D eigenvalue weighted by molar-refractivity contribution is -0.131. The molecule has 0 aromatic heterocycles. The number of carbonyl (C=O) groups is 1. The molecule has 1 aliphatic rings. The van der Waals surface area contributed by atoms with E-state index >= 15 is 0 Å². The summed E-state index contributed by atoms with van der Waals surface area (Å²) in [5.41, 5.74) is 1.84. The van der Waals surface area contributed by atoms with Gasteiger partial charge in [0.15, 0.2) is 0 Å². The van der Waals surface area contributed by atoms with Gasteiger partial charge in [0.25, 0.3) is 5.91 Å². The van der Waals surface area contributed by atoms with Crippen molar-refractivity contribution in [1.29, 1.82) is 0 Å². The highest BCUT2D eigenvalue weighted by molar-refractivity contribution is 6.03. The molecule has 84 valence electrons. The second kappa shape index (κ2) is 4.79. The van der Waals surface area contributed by atoms with Gasteiger partial charge in [-0.3, -0.25) is 4.79 Å². The van der Waals surface area contributed by atoms with E-state index in [-0.39, 0.29) is 5.91 Å². The van der Waals surface area contributed by atoms with E-state index in [1.54, 1.807) is 0 Å². The first-order valence-electron chi connectivity index (χ1n) is 5.37. The molecule has 1 aromatic rings. The Balaban J connectivity index is 2.00. The van der Waals surface area contributed by atoms with Crippen molar-refractivity contribution in [2.75, 3.05) is 6.54 Å². The standard InChI is InChI=1S/C12H14N2O2/c1-2-13-12(15)11-8-10(14-16-11)9-6-4-3-5-7-9/h3-7,11H,2,8H2,1H3,(H,13,15). The predicted molar refractivity (Wildman–Crippen MR) is 61.2 cm³/mol. The van der Waals surface area contributed by atoms with Crippen molar-refractivity contribution < 1.29 is 9.63 Å². The van der Waals surface area contributed by atoms with Gasteiger partial charge in [-0.2, -0.15) is 0 Å². The van der Waals surface area contributed by atoms with E-state index in [1.165, 1.54) is 0 Å². The van der Waals surface area contributed by atoms with Gasteiger partial charge in [-0.15, -0.1) is 0 Å². The fourth-order valence-corrected chi connectivity index (χ4v) is 1.61. The van der Waals surface area contributed by atoms with Crippen LogP contribution >= 0.6 is 0 Å². The summed E-state index contributed by atoms with van der Waals surface area (Å²) >= 11 is 0. The molecule has 0 saturated carbocycles. The molecular formula is C12H14N2O2. The van der Waals surface area contributed by atoms with Crippen LogP contribution in [0.25, 0.3) is 0 Å². The molecule has 1 heterocycles. The summed E-state index contributed by atoms with van der Waals surface area (Å²) in [6.07, 6.45) is 0.0608. The minimum absolute atomic E-state index is 0.0998. The van der Waals surface area contributed by atoms with E-state index in [4.69, 9.17) is 4.84 Å². The Bertz CT molecular complexity index is 401. The van der Waals surface area contributed by atoms with Crippen LogP contribution in [0.1, 0.15) is 18.9 Å². The summed E-state index contributed by atoms with van der Waals surface area (Å²) in [4.78, 5) is 16.6. The van der Waals surface area contributed by atoms with Gasteiger partial charge < -0.3 is 10.2 Å². The quantitative estimate of drug-likeness (QED) is 0.831. The van der Waals surface area contributed by atoms with Gasteiger partial charge in [0, 0.05) is 13.0 Å². The molecule has 1 aromatic carbocycles. The maximum Gasteiger partial charge on any atom is 0.264 e. The third kappa shape index (κ3) is 2.21. The van der Waals surface area contributed by atoms with Crippen molar-refractivity contribution in [2.24, 2.45) is 5.16 Å². The Labute approximate surface area is 94.3 Å². The lowest BCUT2D eigenvalue weighted by Crippen LogP contribution is -2.34. The smallest absolute Gasteiger partial charge is 0.264 e. The summed E-state index contributed by atoms with van der Waals surface area (Å²) in [6.45, 7) is 2.49. The highest BCUT2D eigenvalue weighted by atomic mass is 16.6. The van der Waals surface area contributed by atoms with Crippen molar-refractivity contribution in [1.82, 2.24) is 5.32 Å². The first-order chi connectivity index (χ1) is 7.81. The maximum absolute atomic E-state index is 11.5. The molecule has 1 N–H and O–H groups in total. The Morgan fingerprint density at radius 2 is 2.25 bits per heavy atom. The van der Waals surface area contributed by atoms with Crippen LogP contribution in [-0.4, -0.2) is 24.3 Å². The molecule has 0 radical (unpaired) electrons. The van der Waals surface area contributed by atoms with Gasteiger partial charge in [-0.1, -0.05) is 35.5 Å². The van der Waals surface area contributed by atoms with Gasteiger partial charge in [0.05, 0.1) is 5.71 Å². The zero-order valence-electron chi connectivity index (χ0n) is 9.14. The number of carbonyl (C=O) groups excluding carboxylic acids is 1. The van der Waals surface area contributed by atoms with Crippen LogP contribution in [0.4, 0.5) is 0 Å². The normalized spacial score (nSPS) is 18.8. The van der Waals surface area contributed by atoms with E-state index < -0.39 is 6.10 Å². The molecular weight excluding hydrogens is 204 g/mol. The molecule has 2 rings (SSSR count). The topological polar surface area (TPSA) is 50.7 Å². The van der Waals surface area contributed by atoms with Crippen molar-refractivity contribution >= 4 is 11.6 Å². The lowest BCUT2D eigenvalue weighted by Gasteiger charge is -2.06. The van der Waals surface area contributed by atoms with Crippen LogP contribution < -0.4 is 5.32 Å². The number of benzene rings is 1. The molecule has 0 aliphatic carbocycles. The average molecular weight is 218 g/mol. The number of hydrogen-bond donors (Lipinski definition) is 1. The fraction of sp³-hybridized carbons (Fsp3) is 0.333. The molecule has 0 spiro atoms. The van der Waals surface area contributed by atoms with Crippen molar-refractivity contribution in [3.63, 3.8) is 0 Å². The molecule has 4 nitrogen and oxygen atoms in total. The van der Waals surface area contributed by atoms with Crippen LogP contribution in [0, 0.1) is 0 Å². The highest BCUT2D eigenvalue weighted by Gasteiger charge is 2.28. The van der Waals surface area contributed by atoms with E-state index in [9.17, 15) is 4.79 Å². The number of hydrogen-bond acceptors (Lipinski definition) is 3. The first-order valence-corrected chi connectivity index (χ1v) is 5.37. The first kappa shape index (κ1) is 10.7. The Morgan fingerprint density at radius 3 is 2.94 bits per heavy atom. The second-order valence-corrected chi connectivity index (χ2v) is 3.60. The lowest BCUT2D eigenvalue weighted by atomic mass is 10.1. The van der Waals surface area contributed by atoms with E-state index in [0.29, 0.717) is 13.0 Å². The minimum atomic E-state index is -0.477. The van der Waals surface area contributed by atoms with Crippen LogP contribution in [-0.2, 0) is 9.63 Å². The summed E-state index contributed by atoms with van der Waals surface area (Å²) < 4.78 is 0. The Hall–Kier alpha value is -1.84. The van der Waals surface area contributed by atoms with Gasteiger partial charge in [0.2, 0.25) is 6.10 Å². The van der Waals surface area contributed by atoms with E-state index in [1.807, 2.05) is 37.3 Å². The zero-order valence-corrected chi connectivity index (χ0v) is 9.14. The third-order valence-corrected chi connectivity index (χ3v) is 2.42. The molecule has 16 heavy (non-hydrogen) atoms. The molecule has 1 amide bonds. The van der Waals surface area contributed by atoms with E-state index in [2.05, 4.69) is 10.5 Å². The summed E-state index contributed by atoms with van der Waals surface area (Å²) in [5.74, 6) is -0.0998. The molecule has 0 fully saturated rings. The van der Waals surface area contributed by atoms with Gasteiger partial charge in [-0.25, -0.2) is 0 Å². The van der Waals surface area contributed by atoms with Gasteiger partial charge in [0.1, 0.15) is 0 Å². The largest absolute Gasteiger partial charge is 0.382 e. The van der Waals surface area contributed by atoms with Crippen LogP contribution in [0.15, 0.2) is 35.5 Å². The molecule has 4 heteroatoms. The Morgan fingerprint density at radius 1 is 1.50 bits per heavy atom. The molecule has 0 saturated heterocycles. The van der Waals surface area contributed by atoms with Crippen molar-refractivity contribution in [2.45, 2.75) is 19.4 Å². The molecule has 1 unspecified atom stereocenters. The summed E-state index contributed by atoms with van der Waals surface area (Å²) in [6, 6.07) is 9.75. The number of oxime groups is 1. The van der Waals surface area contributed by atoms with Gasteiger partial charge in [-0.05, 0) is 12.5 Å². The number of rotatable bonds is 3. The van der Waals surface area contributed by atoms with Crippen LogP contribution in [0.3, 0.4) is 0 Å². The number of likely N-dealkylation sites (N-methyl/N-ethyl adjacent to an activating group) is 1. The number of nitrogens with one attached hydrogen (secondary N) is 1. The van der Waals surface area contributed by atoms with Gasteiger partial charge >= 0.3 is 0 Å².